The molecular formula is C34H29N6NaO14S4. The van der Waals surface area contributed by atoms with Crippen LogP contribution in [0.1, 0.15) is 11.1 Å². The van der Waals surface area contributed by atoms with Crippen LogP contribution in [0, 0.1) is 13.8 Å². The minimum absolute atomic E-state index is 0. The molecule has 0 aromatic heterocycles. The summed E-state index contributed by atoms with van der Waals surface area (Å²) in [4.78, 5) is -4.01. The van der Waals surface area contributed by atoms with Crippen molar-refractivity contribution in [2.75, 3.05) is 11.5 Å². The summed E-state index contributed by atoms with van der Waals surface area (Å²) in [5.74, 6) is -1.57. The van der Waals surface area contributed by atoms with E-state index in [0.29, 0.717) is 45.8 Å². The summed E-state index contributed by atoms with van der Waals surface area (Å²) in [6.07, 6.45) is 0. The van der Waals surface area contributed by atoms with E-state index in [1.165, 1.54) is 0 Å². The molecule has 10 N–H and O–H groups in total. The molecule has 0 fully saturated rings. The number of rotatable bonds is 9. The molecule has 0 aliphatic heterocycles. The molecule has 6 aromatic carbocycles. The van der Waals surface area contributed by atoms with Crippen LogP contribution in [0.4, 0.5) is 34.1 Å². The standard InChI is InChI=1S/C34H28N6O14S4.Na.H/c1-15-11-17(3-7-21(15)37-39-23-9-5-19-25(55(43,44)45)13-27(57(49,50)51)31(35)29(19)33(23)41)18-4-8-22(16(2)12-18)38-40-24-10-6-20-26(56(46,47)48)14-28(58(52,53)54)32(36)30(20)34(24)42;;/h3-14,41-42H,35-36H2,1-2H3,(H,43,44,45)(H,46,47,48)(H,49,50,51)(H,52,53,54);;/b39-37+,40-38+;;. The Morgan fingerprint density at radius 1 is 0.441 bits per heavy atom. The van der Waals surface area contributed by atoms with Crippen LogP contribution in [0.25, 0.3) is 32.7 Å². The molecule has 0 saturated carbocycles. The van der Waals surface area contributed by atoms with Crippen LogP contribution in [0.2, 0.25) is 0 Å². The van der Waals surface area contributed by atoms with Crippen LogP contribution in [0.5, 0.6) is 11.5 Å². The van der Waals surface area contributed by atoms with Crippen LogP contribution in [0.3, 0.4) is 0 Å². The van der Waals surface area contributed by atoms with E-state index in [9.17, 15) is 62.1 Å². The predicted molar refractivity (Wildman–Crippen MR) is 216 cm³/mol. The minimum atomic E-state index is -5.10. The van der Waals surface area contributed by atoms with Gasteiger partial charge >= 0.3 is 29.6 Å². The van der Waals surface area contributed by atoms with Crippen molar-refractivity contribution in [3.8, 4) is 22.6 Å². The average molecular weight is 897 g/mol. The van der Waals surface area contributed by atoms with Gasteiger partial charge in [0.2, 0.25) is 0 Å². The molecule has 0 aliphatic carbocycles. The van der Waals surface area contributed by atoms with Crippen molar-refractivity contribution in [1.82, 2.24) is 0 Å². The summed E-state index contributed by atoms with van der Waals surface area (Å²) in [7, 11) is -20.3. The van der Waals surface area contributed by atoms with E-state index in [2.05, 4.69) is 20.5 Å². The maximum atomic E-state index is 12.0. The Balaban J connectivity index is 0.00000661. The molecule has 0 unspecified atom stereocenters. The topological polar surface area (TPSA) is 359 Å². The Morgan fingerprint density at radius 3 is 1.02 bits per heavy atom. The molecule has 0 heterocycles. The first-order valence-electron chi connectivity index (χ1n) is 15.9. The number of phenols is 2. The fourth-order valence-electron chi connectivity index (χ4n) is 6.04. The molecule has 0 bridgehead atoms. The van der Waals surface area contributed by atoms with Gasteiger partial charge in [-0.1, -0.05) is 24.3 Å². The van der Waals surface area contributed by atoms with Crippen molar-refractivity contribution in [1.29, 1.82) is 0 Å². The second kappa shape index (κ2) is 15.8. The second-order valence-corrected chi connectivity index (χ2v) is 18.1. The van der Waals surface area contributed by atoms with Gasteiger partial charge in [-0.15, -0.1) is 10.2 Å². The van der Waals surface area contributed by atoms with Gasteiger partial charge in [0.05, 0.1) is 33.5 Å². The summed E-state index contributed by atoms with van der Waals surface area (Å²) in [6, 6.07) is 15.6. The summed E-state index contributed by atoms with van der Waals surface area (Å²) >= 11 is 0. The number of azo groups is 2. The molecule has 0 amide bonds. The summed E-state index contributed by atoms with van der Waals surface area (Å²) in [6.45, 7) is 3.42. The van der Waals surface area contributed by atoms with Crippen LogP contribution in [-0.2, 0) is 40.5 Å². The predicted octanol–water partition coefficient (Wildman–Crippen LogP) is 6.02. The fraction of sp³-hybridized carbons (Fsp3) is 0.0588. The Labute approximate surface area is 357 Å². The summed E-state index contributed by atoms with van der Waals surface area (Å²) < 4.78 is 134. The van der Waals surface area contributed by atoms with Gasteiger partial charge in [-0.2, -0.15) is 43.9 Å². The number of benzene rings is 6. The van der Waals surface area contributed by atoms with Crippen LogP contribution >= 0.6 is 0 Å². The van der Waals surface area contributed by atoms with Crippen molar-refractivity contribution in [3.63, 3.8) is 0 Å². The molecule has 304 valence electrons. The molecule has 6 rings (SSSR count). The van der Waals surface area contributed by atoms with E-state index >= 15 is 0 Å². The number of nitrogens with two attached hydrogens (primary N) is 2. The van der Waals surface area contributed by atoms with Crippen LogP contribution in [0.15, 0.2) is 113 Å². The van der Waals surface area contributed by atoms with Crippen molar-refractivity contribution in [3.05, 3.63) is 83.9 Å². The third-order valence-corrected chi connectivity index (χ3v) is 12.4. The van der Waals surface area contributed by atoms with Crippen LogP contribution < -0.4 is 11.5 Å². The Morgan fingerprint density at radius 2 is 0.729 bits per heavy atom. The molecule has 59 heavy (non-hydrogen) atoms. The Bertz CT molecular complexity index is 3090. The molecule has 0 aliphatic rings. The zero-order valence-electron chi connectivity index (χ0n) is 29.5. The number of hydrogen-bond acceptors (Lipinski definition) is 16. The fourth-order valence-corrected chi connectivity index (χ4v) is 8.91. The van der Waals surface area contributed by atoms with Gasteiger partial charge in [0.15, 0.2) is 11.5 Å². The number of fused-ring (bicyclic) bond motifs is 2. The van der Waals surface area contributed by atoms with E-state index in [0.717, 1.165) is 24.3 Å². The van der Waals surface area contributed by atoms with E-state index in [1.54, 1.807) is 50.2 Å². The summed E-state index contributed by atoms with van der Waals surface area (Å²) in [5.41, 5.74) is 13.2. The molecule has 6 aromatic rings. The van der Waals surface area contributed by atoms with Gasteiger partial charge < -0.3 is 21.7 Å². The van der Waals surface area contributed by atoms with E-state index in [-0.39, 0.29) is 51.7 Å². The van der Waals surface area contributed by atoms with Gasteiger partial charge in [-0.25, -0.2) is 0 Å². The van der Waals surface area contributed by atoms with Crippen molar-refractivity contribution in [2.24, 2.45) is 20.5 Å². The quantitative estimate of drug-likeness (QED) is 0.0356. The normalized spacial score (nSPS) is 12.8. The Kier molecular flexibility index (Phi) is 12.1. The first-order valence-corrected chi connectivity index (χ1v) is 21.7. The third-order valence-electron chi connectivity index (χ3n) is 8.81. The number of aromatic hydroxyl groups is 2. The molecular weight excluding hydrogens is 868 g/mol. The molecule has 0 saturated heterocycles. The SMILES string of the molecule is Cc1cc(-c2ccc(/N=N/c3ccc4c(S(=O)(=O)O)cc(S(=O)(=O)O)c(N)c4c3O)c(C)c2)ccc1/N=N/c1ccc2c(S(=O)(=O)O)cc(S(=O)(=O)O)c(N)c2c1O.[NaH]. The van der Waals surface area contributed by atoms with E-state index in [4.69, 9.17) is 11.5 Å². The maximum absolute atomic E-state index is 12.0. The average Bonchev–Trinajstić information content (AvgIpc) is 3.09. The molecule has 0 radical (unpaired) electrons. The van der Waals surface area contributed by atoms with Crippen molar-refractivity contribution >= 4 is 126 Å². The van der Waals surface area contributed by atoms with Gasteiger partial charge in [-0.3, -0.25) is 18.2 Å². The number of phenolic OH excluding ortho intramolecular Hbond substituents is 2. The number of hydrogen-bond donors (Lipinski definition) is 8. The van der Waals surface area contributed by atoms with E-state index in [1.807, 2.05) is 0 Å². The number of anilines is 2. The first-order chi connectivity index (χ1) is 26.8. The van der Waals surface area contributed by atoms with Crippen molar-refractivity contribution in [2.45, 2.75) is 33.4 Å². The van der Waals surface area contributed by atoms with E-state index < -0.39 is 93.7 Å². The van der Waals surface area contributed by atoms with Crippen molar-refractivity contribution < 1.29 is 62.1 Å². The molecule has 20 nitrogen and oxygen atoms in total. The zero-order chi connectivity index (χ0) is 42.9. The third kappa shape index (κ3) is 8.78. The zero-order valence-corrected chi connectivity index (χ0v) is 32.7. The van der Waals surface area contributed by atoms with Gasteiger partial charge in [-0.05, 0) is 84.6 Å². The monoisotopic (exact) mass is 896 g/mol. The Hall–Kier alpha value is -5.12. The molecule has 25 heteroatoms. The molecule has 0 atom stereocenters. The summed E-state index contributed by atoms with van der Waals surface area (Å²) in [5, 5.41) is 36.5. The number of aryl methyl sites for hydroxylation is 2. The number of nitrogen functional groups attached to an aromatic ring is 2. The van der Waals surface area contributed by atoms with Gasteiger partial charge in [0, 0.05) is 10.8 Å². The van der Waals surface area contributed by atoms with Gasteiger partial charge in [0.1, 0.15) is 31.0 Å². The second-order valence-electron chi connectivity index (χ2n) is 12.6. The first kappa shape index (κ1) is 45.0. The van der Waals surface area contributed by atoms with Crippen LogP contribution in [-0.4, -0.2) is 91.7 Å². The number of nitrogens with zero attached hydrogens (tertiary/aromatic N) is 4. The molecule has 0 spiro atoms. The van der Waals surface area contributed by atoms with Gasteiger partial charge in [0.25, 0.3) is 40.5 Å².